The molecule has 0 heterocycles. The highest BCUT2D eigenvalue weighted by Crippen LogP contribution is 2.23. The lowest BCUT2D eigenvalue weighted by Gasteiger charge is -2.02. The average molecular weight is 218 g/mol. The molecule has 5 nitrogen and oxygen atoms in total. The van der Waals surface area contributed by atoms with Crippen LogP contribution in [0.3, 0.4) is 0 Å². The van der Waals surface area contributed by atoms with Crippen LogP contribution in [0.5, 0.6) is 0 Å². The van der Waals surface area contributed by atoms with Gasteiger partial charge in [0, 0.05) is 0 Å². The Morgan fingerprint density at radius 3 is 2.15 bits per heavy atom. The quantitative estimate of drug-likeness (QED) is 0.377. The lowest BCUT2D eigenvalue weighted by Crippen LogP contribution is -2.23. The Labute approximate surface area is 70.2 Å². The second-order valence-corrected chi connectivity index (χ2v) is 3.05. The molecular weight excluding hydrogens is 217 g/mol. The normalized spacial score (nSPS) is 11.3. The number of aliphatic carboxylic acids is 1. The van der Waals surface area contributed by atoms with Crippen LogP contribution in [0.15, 0.2) is 0 Å². The lowest BCUT2D eigenvalue weighted by molar-refractivity contribution is -0.130. The highest BCUT2D eigenvalue weighted by atomic mass is 32.2. The third kappa shape index (κ3) is 3.66. The first-order valence-corrected chi connectivity index (χ1v) is 3.81. The first kappa shape index (κ1) is 11.6. The molecule has 0 aromatic carbocycles. The van der Waals surface area contributed by atoms with E-state index in [1.807, 2.05) is 0 Å². The molecular formula is C4HF3O5S. The summed E-state index contributed by atoms with van der Waals surface area (Å²) in [5.41, 5.74) is -5.61. The van der Waals surface area contributed by atoms with E-state index in [1.165, 1.54) is 0 Å². The second-order valence-electron chi connectivity index (χ2n) is 1.52. The van der Waals surface area contributed by atoms with E-state index in [-0.39, 0.29) is 0 Å². The molecule has 0 fully saturated rings. The van der Waals surface area contributed by atoms with Gasteiger partial charge >= 0.3 is 21.6 Å². The summed E-state index contributed by atoms with van der Waals surface area (Å²) in [6.07, 6.45) is 0.874. The number of hydrogen-bond acceptors (Lipinski definition) is 4. The molecule has 0 rings (SSSR count). The van der Waals surface area contributed by atoms with E-state index in [0.29, 0.717) is 0 Å². The van der Waals surface area contributed by atoms with Crippen molar-refractivity contribution in [3.63, 3.8) is 0 Å². The standard InChI is InChI=1S/C4HF3O5S/c5-4(6,7)13(10,11)12-2-1-3(8)9/h(H,8,9). The van der Waals surface area contributed by atoms with Crippen molar-refractivity contribution < 1.29 is 35.7 Å². The third-order valence-electron chi connectivity index (χ3n) is 0.593. The summed E-state index contributed by atoms with van der Waals surface area (Å²) in [7, 11) is -5.83. The van der Waals surface area contributed by atoms with Crippen molar-refractivity contribution in [3.8, 4) is 12.0 Å². The molecule has 13 heavy (non-hydrogen) atoms. The van der Waals surface area contributed by atoms with Crippen LogP contribution in [-0.4, -0.2) is 25.0 Å². The van der Waals surface area contributed by atoms with Crippen molar-refractivity contribution in [1.82, 2.24) is 0 Å². The van der Waals surface area contributed by atoms with Gasteiger partial charge in [-0.1, -0.05) is 0 Å². The van der Waals surface area contributed by atoms with Crippen LogP contribution < -0.4 is 0 Å². The van der Waals surface area contributed by atoms with Crippen molar-refractivity contribution in [1.29, 1.82) is 0 Å². The van der Waals surface area contributed by atoms with E-state index >= 15 is 0 Å². The van der Waals surface area contributed by atoms with Crippen LogP contribution in [0.25, 0.3) is 0 Å². The van der Waals surface area contributed by atoms with E-state index in [2.05, 4.69) is 4.18 Å². The van der Waals surface area contributed by atoms with E-state index in [4.69, 9.17) is 5.11 Å². The first-order chi connectivity index (χ1) is 5.67. The molecule has 0 aromatic heterocycles. The fraction of sp³-hybridized carbons (Fsp3) is 0.250. The first-order valence-electron chi connectivity index (χ1n) is 2.40. The zero-order valence-electron chi connectivity index (χ0n) is 5.62. The Morgan fingerprint density at radius 1 is 1.38 bits per heavy atom. The summed E-state index contributed by atoms with van der Waals surface area (Å²) in [5, 5.41) is 7.78. The van der Waals surface area contributed by atoms with Crippen molar-refractivity contribution in [3.05, 3.63) is 0 Å². The molecule has 0 radical (unpaired) electrons. The number of alkyl halides is 3. The van der Waals surface area contributed by atoms with Crippen molar-refractivity contribution >= 4 is 16.1 Å². The molecule has 0 aliphatic rings. The van der Waals surface area contributed by atoms with Crippen LogP contribution in [0.1, 0.15) is 0 Å². The number of carboxylic acid groups (broad SMARTS) is 1. The molecule has 0 spiro atoms. The van der Waals surface area contributed by atoms with Gasteiger partial charge in [-0.25, -0.2) is 4.79 Å². The third-order valence-corrected chi connectivity index (χ3v) is 1.46. The zero-order chi connectivity index (χ0) is 10.7. The molecule has 0 saturated heterocycles. The van der Waals surface area contributed by atoms with Gasteiger partial charge in [-0.15, -0.1) is 0 Å². The molecule has 0 unspecified atom stereocenters. The van der Waals surface area contributed by atoms with Gasteiger partial charge in [0.1, 0.15) is 6.11 Å². The monoisotopic (exact) mass is 218 g/mol. The van der Waals surface area contributed by atoms with Crippen molar-refractivity contribution in [2.75, 3.05) is 0 Å². The van der Waals surface area contributed by atoms with Crippen molar-refractivity contribution in [2.45, 2.75) is 5.51 Å². The Hall–Kier alpha value is -1.43. The topological polar surface area (TPSA) is 80.7 Å². The largest absolute Gasteiger partial charge is 0.535 e. The van der Waals surface area contributed by atoms with Gasteiger partial charge in [0.25, 0.3) is 0 Å². The summed E-state index contributed by atoms with van der Waals surface area (Å²) in [6.45, 7) is 0. The molecule has 9 heteroatoms. The summed E-state index contributed by atoms with van der Waals surface area (Å²) in [5.74, 6) is -0.769. The molecule has 0 atom stereocenters. The van der Waals surface area contributed by atoms with Gasteiger partial charge in [-0.2, -0.15) is 21.6 Å². The minimum Gasteiger partial charge on any atom is -0.472 e. The van der Waals surface area contributed by atoms with Gasteiger partial charge < -0.3 is 9.29 Å². The highest BCUT2D eigenvalue weighted by molar-refractivity contribution is 7.87. The van der Waals surface area contributed by atoms with Crippen LogP contribution in [-0.2, 0) is 19.1 Å². The van der Waals surface area contributed by atoms with Gasteiger partial charge in [0.05, 0.1) is 5.92 Å². The molecule has 0 bridgehead atoms. The molecule has 0 aromatic rings. The fourth-order valence-corrected chi connectivity index (χ4v) is 0.412. The van der Waals surface area contributed by atoms with E-state index in [9.17, 15) is 26.4 Å². The number of carbonyl (C=O) groups is 1. The summed E-state index contributed by atoms with van der Waals surface area (Å²) in [6, 6.07) is 0. The molecule has 0 amide bonds. The second kappa shape index (κ2) is 3.53. The fourth-order valence-electron chi connectivity index (χ4n) is 0.167. The van der Waals surface area contributed by atoms with Crippen LogP contribution in [0.2, 0.25) is 0 Å². The predicted octanol–water partition coefficient (Wildman–Crippen LogP) is -0.102. The zero-order valence-corrected chi connectivity index (χ0v) is 6.44. The van der Waals surface area contributed by atoms with Crippen molar-refractivity contribution in [2.24, 2.45) is 0 Å². The van der Waals surface area contributed by atoms with Crippen LogP contribution in [0.4, 0.5) is 13.2 Å². The smallest absolute Gasteiger partial charge is 0.472 e. The Kier molecular flexibility index (Phi) is 3.14. The molecule has 1 N–H and O–H groups in total. The predicted molar refractivity (Wildman–Crippen MR) is 31.5 cm³/mol. The number of hydrogen-bond donors (Lipinski definition) is 1. The van der Waals surface area contributed by atoms with E-state index in [1.54, 1.807) is 0 Å². The Morgan fingerprint density at radius 2 is 1.85 bits per heavy atom. The lowest BCUT2D eigenvalue weighted by atomic mass is 10.7. The summed E-state index contributed by atoms with van der Waals surface area (Å²) in [4.78, 5) is 9.61. The molecule has 0 aliphatic carbocycles. The minimum atomic E-state index is -5.83. The van der Waals surface area contributed by atoms with Crippen LogP contribution >= 0.6 is 0 Å². The Balaban J connectivity index is 4.60. The van der Waals surface area contributed by atoms with E-state index in [0.717, 1.165) is 12.0 Å². The highest BCUT2D eigenvalue weighted by Gasteiger charge is 2.48. The molecule has 74 valence electrons. The Bertz CT molecular complexity index is 355. The van der Waals surface area contributed by atoms with Crippen LogP contribution in [0, 0.1) is 12.0 Å². The number of carboxylic acids is 1. The number of halogens is 3. The van der Waals surface area contributed by atoms with Gasteiger partial charge in [0.2, 0.25) is 0 Å². The SMILES string of the molecule is O=C(O)C#COS(=O)(=O)C(F)(F)F. The maximum absolute atomic E-state index is 11.4. The van der Waals surface area contributed by atoms with Gasteiger partial charge in [-0.3, -0.25) is 0 Å². The average Bonchev–Trinajstić information content (AvgIpc) is 1.82. The summed E-state index contributed by atoms with van der Waals surface area (Å²) < 4.78 is 57.3. The van der Waals surface area contributed by atoms with Gasteiger partial charge in [0.15, 0.2) is 0 Å². The maximum atomic E-state index is 11.4. The minimum absolute atomic E-state index is 0.874. The molecule has 0 aliphatic heterocycles. The maximum Gasteiger partial charge on any atom is 0.535 e. The van der Waals surface area contributed by atoms with E-state index < -0.39 is 21.6 Å². The summed E-state index contributed by atoms with van der Waals surface area (Å²) >= 11 is 0. The number of rotatable bonds is 1. The van der Waals surface area contributed by atoms with Gasteiger partial charge in [-0.05, 0) is 0 Å². The molecule has 0 saturated carbocycles.